The van der Waals surface area contributed by atoms with E-state index < -0.39 is 0 Å². The van der Waals surface area contributed by atoms with Crippen LogP contribution in [-0.2, 0) is 0 Å². The summed E-state index contributed by atoms with van der Waals surface area (Å²) in [6.07, 6.45) is 0. The van der Waals surface area contributed by atoms with Gasteiger partial charge < -0.3 is 20.5 Å². The topological polar surface area (TPSA) is 68.9 Å². The van der Waals surface area contributed by atoms with Crippen LogP contribution in [0.15, 0.2) is 21.6 Å². The zero-order chi connectivity index (χ0) is 12.4. The maximum atomic E-state index is 5.61. The molecule has 5 nitrogen and oxygen atoms in total. The number of hydrogen-bond donors (Lipinski definition) is 2. The Morgan fingerprint density at radius 2 is 2.00 bits per heavy atom. The number of halogens is 1. The first kappa shape index (κ1) is 12.0. The van der Waals surface area contributed by atoms with E-state index in [4.69, 9.17) is 15.2 Å². The highest BCUT2D eigenvalue weighted by Crippen LogP contribution is 2.36. The lowest BCUT2D eigenvalue weighted by molar-refractivity contribution is 0.354. The monoisotopic (exact) mass is 299 g/mol. The molecule has 0 aliphatic carbocycles. The van der Waals surface area contributed by atoms with Crippen molar-refractivity contribution in [2.45, 2.75) is 6.04 Å². The van der Waals surface area contributed by atoms with Gasteiger partial charge in [-0.3, -0.25) is 4.99 Å². The summed E-state index contributed by atoms with van der Waals surface area (Å²) in [5.41, 5.74) is 6.65. The van der Waals surface area contributed by atoms with Crippen molar-refractivity contribution in [2.75, 3.05) is 20.8 Å². The molecule has 2 rings (SSSR count). The highest BCUT2D eigenvalue weighted by Gasteiger charge is 2.21. The van der Waals surface area contributed by atoms with E-state index in [1.165, 1.54) is 0 Å². The van der Waals surface area contributed by atoms with Crippen LogP contribution in [0.1, 0.15) is 11.6 Å². The van der Waals surface area contributed by atoms with Crippen molar-refractivity contribution in [2.24, 2.45) is 10.7 Å². The Hall–Kier alpha value is -1.43. The predicted octanol–water partition coefficient (Wildman–Crippen LogP) is 1.43. The number of hydrogen-bond acceptors (Lipinski definition) is 5. The number of guanidine groups is 1. The minimum atomic E-state index is 0.0733. The summed E-state index contributed by atoms with van der Waals surface area (Å²) < 4.78 is 11.4. The molecule has 1 aliphatic heterocycles. The Morgan fingerprint density at radius 3 is 2.53 bits per heavy atom. The molecular formula is C11H14BrN3O2. The lowest BCUT2D eigenvalue weighted by atomic mass is 10.1. The van der Waals surface area contributed by atoms with Crippen LogP contribution in [-0.4, -0.2) is 26.7 Å². The number of aliphatic imine (C=N–C) groups is 1. The van der Waals surface area contributed by atoms with Crippen LogP contribution in [0.25, 0.3) is 0 Å². The fraction of sp³-hybridized carbons (Fsp3) is 0.364. The fourth-order valence-electron chi connectivity index (χ4n) is 1.77. The SMILES string of the molecule is COc1cc(Br)c(C2CN=C(N)N2)cc1OC. The first-order valence-corrected chi connectivity index (χ1v) is 5.93. The summed E-state index contributed by atoms with van der Waals surface area (Å²) in [6.45, 7) is 0.625. The van der Waals surface area contributed by atoms with Gasteiger partial charge in [0.15, 0.2) is 17.5 Å². The molecule has 3 N–H and O–H groups in total. The number of rotatable bonds is 3. The minimum Gasteiger partial charge on any atom is -0.493 e. The molecule has 0 saturated heterocycles. The standard InChI is InChI=1S/C11H14BrN3O2/c1-16-9-3-6(7(12)4-10(9)17-2)8-5-14-11(13)15-8/h3-4,8H,5H2,1-2H3,(H3,13,14,15). The highest BCUT2D eigenvalue weighted by atomic mass is 79.9. The first-order valence-electron chi connectivity index (χ1n) is 5.13. The zero-order valence-electron chi connectivity index (χ0n) is 9.66. The van der Waals surface area contributed by atoms with Crippen LogP contribution in [0.3, 0.4) is 0 Å². The maximum absolute atomic E-state index is 5.61. The van der Waals surface area contributed by atoms with Crippen LogP contribution in [0.5, 0.6) is 11.5 Å². The van der Waals surface area contributed by atoms with Crippen molar-refractivity contribution in [1.82, 2.24) is 5.32 Å². The number of nitrogens with two attached hydrogens (primary N) is 1. The van der Waals surface area contributed by atoms with E-state index in [1.807, 2.05) is 12.1 Å². The third kappa shape index (κ3) is 2.31. The zero-order valence-corrected chi connectivity index (χ0v) is 11.2. The van der Waals surface area contributed by atoms with Crippen molar-refractivity contribution >= 4 is 21.9 Å². The Balaban J connectivity index is 2.35. The largest absolute Gasteiger partial charge is 0.493 e. The molecule has 0 radical (unpaired) electrons. The van der Waals surface area contributed by atoms with Gasteiger partial charge in [0.25, 0.3) is 0 Å². The summed E-state index contributed by atoms with van der Waals surface area (Å²) in [6, 6.07) is 3.88. The second-order valence-electron chi connectivity index (χ2n) is 3.65. The van der Waals surface area contributed by atoms with E-state index in [-0.39, 0.29) is 6.04 Å². The molecule has 0 aromatic heterocycles. The van der Waals surface area contributed by atoms with Gasteiger partial charge in [-0.05, 0) is 17.7 Å². The molecule has 1 atom stereocenters. The summed E-state index contributed by atoms with van der Waals surface area (Å²) in [4.78, 5) is 4.12. The third-order valence-corrected chi connectivity index (χ3v) is 3.33. The maximum Gasteiger partial charge on any atom is 0.189 e. The van der Waals surface area contributed by atoms with Gasteiger partial charge in [0.2, 0.25) is 0 Å². The van der Waals surface area contributed by atoms with Crippen molar-refractivity contribution < 1.29 is 9.47 Å². The highest BCUT2D eigenvalue weighted by molar-refractivity contribution is 9.10. The van der Waals surface area contributed by atoms with Crippen LogP contribution in [0, 0.1) is 0 Å². The fourth-order valence-corrected chi connectivity index (χ4v) is 2.37. The molecule has 1 aliphatic rings. The molecule has 0 fully saturated rings. The normalized spacial score (nSPS) is 18.5. The summed E-state index contributed by atoms with van der Waals surface area (Å²) in [7, 11) is 3.22. The number of ether oxygens (including phenoxy) is 2. The molecule has 1 aromatic carbocycles. The lowest BCUT2D eigenvalue weighted by Crippen LogP contribution is -2.29. The van der Waals surface area contributed by atoms with Gasteiger partial charge >= 0.3 is 0 Å². The molecule has 0 spiro atoms. The summed E-state index contributed by atoms with van der Waals surface area (Å²) >= 11 is 3.51. The molecule has 1 aromatic rings. The quantitative estimate of drug-likeness (QED) is 0.886. The van der Waals surface area contributed by atoms with Crippen LogP contribution in [0.2, 0.25) is 0 Å². The minimum absolute atomic E-state index is 0.0733. The predicted molar refractivity (Wildman–Crippen MR) is 69.6 cm³/mol. The van der Waals surface area contributed by atoms with E-state index in [9.17, 15) is 0 Å². The molecule has 92 valence electrons. The van der Waals surface area contributed by atoms with E-state index in [0.29, 0.717) is 24.0 Å². The number of methoxy groups -OCH3 is 2. The second kappa shape index (κ2) is 4.83. The average molecular weight is 300 g/mol. The molecule has 17 heavy (non-hydrogen) atoms. The Morgan fingerprint density at radius 1 is 1.35 bits per heavy atom. The van der Waals surface area contributed by atoms with E-state index in [2.05, 4.69) is 26.2 Å². The number of nitrogens with zero attached hydrogens (tertiary/aromatic N) is 1. The summed E-state index contributed by atoms with van der Waals surface area (Å²) in [5.74, 6) is 1.85. The van der Waals surface area contributed by atoms with Crippen LogP contribution >= 0.6 is 15.9 Å². The van der Waals surface area contributed by atoms with Gasteiger partial charge in [0.1, 0.15) is 0 Å². The van der Waals surface area contributed by atoms with Crippen molar-refractivity contribution in [3.05, 3.63) is 22.2 Å². The molecular weight excluding hydrogens is 286 g/mol. The molecule has 0 saturated carbocycles. The second-order valence-corrected chi connectivity index (χ2v) is 4.51. The molecule has 1 heterocycles. The Kier molecular flexibility index (Phi) is 3.42. The van der Waals surface area contributed by atoms with Gasteiger partial charge in [0.05, 0.1) is 26.8 Å². The van der Waals surface area contributed by atoms with Crippen LogP contribution < -0.4 is 20.5 Å². The smallest absolute Gasteiger partial charge is 0.189 e. The van der Waals surface area contributed by atoms with E-state index in [0.717, 1.165) is 10.0 Å². The molecule has 0 amide bonds. The Labute approximate surface area is 108 Å². The molecule has 6 heteroatoms. The third-order valence-electron chi connectivity index (χ3n) is 2.64. The van der Waals surface area contributed by atoms with Gasteiger partial charge in [-0.25, -0.2) is 0 Å². The molecule has 1 unspecified atom stereocenters. The van der Waals surface area contributed by atoms with Crippen molar-refractivity contribution in [3.8, 4) is 11.5 Å². The van der Waals surface area contributed by atoms with Crippen LogP contribution in [0.4, 0.5) is 0 Å². The van der Waals surface area contributed by atoms with Gasteiger partial charge in [-0.1, -0.05) is 15.9 Å². The number of benzene rings is 1. The summed E-state index contributed by atoms with van der Waals surface area (Å²) in [5, 5.41) is 3.10. The first-order chi connectivity index (χ1) is 8.15. The Bertz CT molecular complexity index is 462. The van der Waals surface area contributed by atoms with Crippen molar-refractivity contribution in [1.29, 1.82) is 0 Å². The average Bonchev–Trinajstić information content (AvgIpc) is 2.75. The lowest BCUT2D eigenvalue weighted by Gasteiger charge is -2.16. The number of nitrogens with one attached hydrogen (secondary N) is 1. The van der Waals surface area contributed by atoms with Gasteiger partial charge in [-0.15, -0.1) is 0 Å². The molecule has 0 bridgehead atoms. The van der Waals surface area contributed by atoms with Gasteiger partial charge in [0, 0.05) is 4.47 Å². The van der Waals surface area contributed by atoms with E-state index in [1.54, 1.807) is 14.2 Å². The van der Waals surface area contributed by atoms with Gasteiger partial charge in [-0.2, -0.15) is 0 Å². The van der Waals surface area contributed by atoms with Crippen molar-refractivity contribution in [3.63, 3.8) is 0 Å². The van der Waals surface area contributed by atoms with E-state index >= 15 is 0 Å².